The molecule has 0 radical (unpaired) electrons. The molecule has 0 atom stereocenters. The molecule has 1 fully saturated rings. The molecule has 0 spiro atoms. The van der Waals surface area contributed by atoms with Gasteiger partial charge in [-0.05, 0) is 69.7 Å². The van der Waals surface area contributed by atoms with Gasteiger partial charge in [0.1, 0.15) is 0 Å². The fraction of sp³-hybridized carbons (Fsp3) is 1.00. The molecule has 2 heteroatoms. The van der Waals surface area contributed by atoms with Gasteiger partial charge in [0, 0.05) is 0 Å². The molecule has 1 aliphatic heterocycles. The van der Waals surface area contributed by atoms with E-state index in [0.717, 1.165) is 23.7 Å². The summed E-state index contributed by atoms with van der Waals surface area (Å²) in [5.74, 6) is 3.31. The normalized spacial score (nSPS) is 19.8. The highest BCUT2D eigenvalue weighted by Gasteiger charge is 2.19. The molecule has 2 nitrogen and oxygen atoms in total. The van der Waals surface area contributed by atoms with E-state index in [4.69, 9.17) is 0 Å². The van der Waals surface area contributed by atoms with Crippen molar-refractivity contribution in [1.29, 1.82) is 0 Å². The number of rotatable bonds is 6. The van der Waals surface area contributed by atoms with E-state index in [0.29, 0.717) is 0 Å². The van der Waals surface area contributed by atoms with E-state index in [-0.39, 0.29) is 0 Å². The van der Waals surface area contributed by atoms with Crippen molar-refractivity contribution in [2.45, 2.75) is 40.5 Å². The summed E-state index contributed by atoms with van der Waals surface area (Å²) in [6, 6.07) is 0. The van der Waals surface area contributed by atoms with Crippen LogP contribution in [0.25, 0.3) is 0 Å². The van der Waals surface area contributed by atoms with Crippen molar-refractivity contribution in [3.05, 3.63) is 0 Å². The van der Waals surface area contributed by atoms with Gasteiger partial charge in [0.25, 0.3) is 0 Å². The van der Waals surface area contributed by atoms with Crippen molar-refractivity contribution >= 4 is 0 Å². The second-order valence-electron chi connectivity index (χ2n) is 6.56. The largest absolute Gasteiger partial charge is 0.316 e. The lowest BCUT2D eigenvalue weighted by Gasteiger charge is -2.30. The van der Waals surface area contributed by atoms with Crippen molar-refractivity contribution in [1.82, 2.24) is 10.2 Å². The van der Waals surface area contributed by atoms with E-state index in [2.05, 4.69) is 45.0 Å². The third-order valence-electron chi connectivity index (χ3n) is 4.36. The van der Waals surface area contributed by atoms with Gasteiger partial charge in [-0.3, -0.25) is 0 Å². The average Bonchev–Trinajstić information content (AvgIpc) is 2.25. The summed E-state index contributed by atoms with van der Waals surface area (Å²) in [5, 5.41) is 3.71. The molecule has 1 N–H and O–H groups in total. The number of nitrogens with one attached hydrogen (secondary N) is 1. The Hall–Kier alpha value is -0.0800. The van der Waals surface area contributed by atoms with Crippen LogP contribution in [0.4, 0.5) is 0 Å². The maximum Gasteiger partial charge on any atom is -0.00155 e. The zero-order valence-electron chi connectivity index (χ0n) is 12.5. The topological polar surface area (TPSA) is 15.3 Å². The van der Waals surface area contributed by atoms with Crippen molar-refractivity contribution in [2.24, 2.45) is 23.7 Å². The number of nitrogens with zero attached hydrogens (tertiary/aromatic N) is 1. The van der Waals surface area contributed by atoms with E-state index >= 15 is 0 Å². The van der Waals surface area contributed by atoms with Crippen LogP contribution >= 0.6 is 0 Å². The zero-order valence-corrected chi connectivity index (χ0v) is 12.5. The maximum atomic E-state index is 3.71. The Morgan fingerprint density at radius 3 is 2.06 bits per heavy atom. The molecule has 1 aliphatic rings. The predicted octanol–water partition coefficient (Wildman–Crippen LogP) is 2.85. The summed E-state index contributed by atoms with van der Waals surface area (Å²) in [4.78, 5) is 2.45. The summed E-state index contributed by atoms with van der Waals surface area (Å²) >= 11 is 0. The van der Waals surface area contributed by atoms with Gasteiger partial charge in [-0.25, -0.2) is 0 Å². The lowest BCUT2D eigenvalue weighted by atomic mass is 9.85. The molecule has 0 saturated carbocycles. The lowest BCUT2D eigenvalue weighted by molar-refractivity contribution is 0.207. The van der Waals surface area contributed by atoms with Crippen LogP contribution in [0.2, 0.25) is 0 Å². The maximum absolute atomic E-state index is 3.71. The molecule has 1 heterocycles. The summed E-state index contributed by atoms with van der Waals surface area (Å²) in [7, 11) is 2.23. The fourth-order valence-corrected chi connectivity index (χ4v) is 2.96. The smallest absolute Gasteiger partial charge is 0.00155 e. The molecule has 0 amide bonds. The third kappa shape index (κ3) is 5.39. The first-order chi connectivity index (χ1) is 8.00. The van der Waals surface area contributed by atoms with Crippen molar-refractivity contribution < 1.29 is 0 Å². The highest BCUT2D eigenvalue weighted by Crippen LogP contribution is 2.20. The van der Waals surface area contributed by atoms with Crippen LogP contribution in [0.1, 0.15) is 40.5 Å². The van der Waals surface area contributed by atoms with E-state index < -0.39 is 0 Å². The molecule has 102 valence electrons. The van der Waals surface area contributed by atoms with Crippen LogP contribution < -0.4 is 5.32 Å². The number of hydrogen-bond acceptors (Lipinski definition) is 2. The average molecular weight is 240 g/mol. The second-order valence-corrected chi connectivity index (χ2v) is 6.56. The minimum Gasteiger partial charge on any atom is -0.316 e. The van der Waals surface area contributed by atoms with Gasteiger partial charge in [0.15, 0.2) is 0 Å². The Labute approximate surface area is 108 Å². The van der Waals surface area contributed by atoms with Crippen LogP contribution in [0.3, 0.4) is 0 Å². The van der Waals surface area contributed by atoms with Gasteiger partial charge >= 0.3 is 0 Å². The van der Waals surface area contributed by atoms with Gasteiger partial charge < -0.3 is 10.2 Å². The Bertz CT molecular complexity index is 185. The molecule has 1 saturated heterocycles. The van der Waals surface area contributed by atoms with Gasteiger partial charge in [-0.15, -0.1) is 0 Å². The van der Waals surface area contributed by atoms with Gasteiger partial charge in [0.05, 0.1) is 0 Å². The molecule has 0 bridgehead atoms. The molecular weight excluding hydrogens is 208 g/mol. The first kappa shape index (κ1) is 15.0. The first-order valence-corrected chi connectivity index (χ1v) is 7.40. The second kappa shape index (κ2) is 7.38. The molecule has 0 aromatic carbocycles. The van der Waals surface area contributed by atoms with Crippen molar-refractivity contribution in [2.75, 3.05) is 33.2 Å². The Kier molecular flexibility index (Phi) is 6.50. The zero-order chi connectivity index (χ0) is 12.8. The first-order valence-electron chi connectivity index (χ1n) is 7.40. The van der Waals surface area contributed by atoms with Crippen molar-refractivity contribution in [3.8, 4) is 0 Å². The van der Waals surface area contributed by atoms with Gasteiger partial charge in [-0.2, -0.15) is 0 Å². The minimum absolute atomic E-state index is 0.792. The van der Waals surface area contributed by atoms with E-state index in [1.807, 2.05) is 0 Å². The van der Waals surface area contributed by atoms with Crippen LogP contribution in [-0.4, -0.2) is 38.1 Å². The summed E-state index contributed by atoms with van der Waals surface area (Å²) in [5.41, 5.74) is 0. The molecule has 0 aromatic heterocycles. The molecule has 0 aromatic rings. The van der Waals surface area contributed by atoms with Gasteiger partial charge in [-0.1, -0.05) is 27.7 Å². The summed E-state index contributed by atoms with van der Waals surface area (Å²) < 4.78 is 0. The standard InChI is InChI=1S/C15H32N2/c1-12(2)15(13(3)4)11-16-10-14-6-8-17(5)9-7-14/h12-16H,6-11H2,1-5H3. The minimum atomic E-state index is 0.792. The highest BCUT2D eigenvalue weighted by molar-refractivity contribution is 4.74. The van der Waals surface area contributed by atoms with Crippen LogP contribution in [-0.2, 0) is 0 Å². The number of piperidine rings is 1. The monoisotopic (exact) mass is 240 g/mol. The summed E-state index contributed by atoms with van der Waals surface area (Å²) in [6.07, 6.45) is 2.75. The van der Waals surface area contributed by atoms with Crippen molar-refractivity contribution in [3.63, 3.8) is 0 Å². The molecule has 0 unspecified atom stereocenters. The van der Waals surface area contributed by atoms with E-state index in [1.54, 1.807) is 0 Å². The van der Waals surface area contributed by atoms with Crippen LogP contribution in [0.5, 0.6) is 0 Å². The lowest BCUT2D eigenvalue weighted by Crippen LogP contribution is -2.37. The number of likely N-dealkylation sites (tertiary alicyclic amines) is 1. The highest BCUT2D eigenvalue weighted by atomic mass is 15.1. The van der Waals surface area contributed by atoms with Crippen LogP contribution in [0.15, 0.2) is 0 Å². The SMILES string of the molecule is CC(C)C(CNCC1CCN(C)CC1)C(C)C. The quantitative estimate of drug-likeness (QED) is 0.768. The predicted molar refractivity (Wildman–Crippen MR) is 76.3 cm³/mol. The molecular formula is C15H32N2. The van der Waals surface area contributed by atoms with Crippen LogP contribution in [0, 0.1) is 23.7 Å². The fourth-order valence-electron chi connectivity index (χ4n) is 2.96. The Balaban J connectivity index is 2.18. The molecule has 0 aliphatic carbocycles. The van der Waals surface area contributed by atoms with Gasteiger partial charge in [0.2, 0.25) is 0 Å². The van der Waals surface area contributed by atoms with E-state index in [9.17, 15) is 0 Å². The Morgan fingerprint density at radius 1 is 1.06 bits per heavy atom. The summed E-state index contributed by atoms with van der Waals surface area (Å²) in [6.45, 7) is 14.4. The van der Waals surface area contributed by atoms with E-state index in [1.165, 1.54) is 39.0 Å². The third-order valence-corrected chi connectivity index (χ3v) is 4.36. The molecule has 1 rings (SSSR count). The number of hydrogen-bond donors (Lipinski definition) is 1. The molecule has 17 heavy (non-hydrogen) atoms. The Morgan fingerprint density at radius 2 is 1.59 bits per heavy atom.